The van der Waals surface area contributed by atoms with Gasteiger partial charge in [-0.3, -0.25) is 0 Å². The summed E-state index contributed by atoms with van der Waals surface area (Å²) in [5.74, 6) is 0. The predicted molar refractivity (Wildman–Crippen MR) is 31.2 cm³/mol. The highest BCUT2D eigenvalue weighted by molar-refractivity contribution is 7.80. The van der Waals surface area contributed by atoms with Crippen molar-refractivity contribution >= 4 is 10.4 Å². The van der Waals surface area contributed by atoms with Gasteiger partial charge in [-0.2, -0.15) is 0 Å². The van der Waals surface area contributed by atoms with E-state index in [1.54, 1.807) is 0 Å². The summed E-state index contributed by atoms with van der Waals surface area (Å²) in [7, 11) is -3.72. The highest BCUT2D eigenvalue weighted by Gasteiger charge is 1.87. The molecular weight excluding hydrogens is 162 g/mol. The molecule has 0 fully saturated rings. The van der Waals surface area contributed by atoms with Crippen LogP contribution in [0.25, 0.3) is 0 Å². The third-order valence-electron chi connectivity index (χ3n) is 0.151. The van der Waals surface area contributed by atoms with E-state index in [2.05, 4.69) is 15.0 Å². The van der Waals surface area contributed by atoms with Crippen molar-refractivity contribution in [2.24, 2.45) is 0 Å². The molecule has 0 aliphatic carbocycles. The van der Waals surface area contributed by atoms with Gasteiger partial charge in [0.1, 0.15) is 0 Å². The average molecular weight is 173 g/mol. The van der Waals surface area contributed by atoms with E-state index in [1.165, 1.54) is 0 Å². The van der Waals surface area contributed by atoms with Gasteiger partial charge in [-0.05, 0) is 6.92 Å². The van der Waals surface area contributed by atoms with E-state index >= 15 is 0 Å². The fraction of sp³-hybridized carbons (Fsp3) is 1.00. The number of hydrogen-bond acceptors (Lipinski definition) is 5. The molecule has 0 aromatic carbocycles. The van der Waals surface area contributed by atoms with Crippen molar-refractivity contribution in [1.29, 1.82) is 0 Å². The summed E-state index contributed by atoms with van der Waals surface area (Å²) in [6, 6.07) is 0. The first-order valence-electron chi connectivity index (χ1n) is 2.45. The summed E-state index contributed by atoms with van der Waals surface area (Å²) in [4.78, 5) is 3.51. The molecule has 0 bridgehead atoms. The van der Waals surface area contributed by atoms with Gasteiger partial charge < -0.3 is 10.3 Å². The molecule has 0 unspecified atom stereocenters. The Morgan fingerprint density at radius 2 is 1.90 bits per heavy atom. The SMILES string of the molecule is CC[NH3+].COOS(=O)(=O)[O-]. The van der Waals surface area contributed by atoms with Crippen LogP contribution < -0.4 is 5.73 Å². The second-order valence-electron chi connectivity index (χ2n) is 1.14. The maximum atomic E-state index is 9.33. The Hall–Kier alpha value is -0.210. The van der Waals surface area contributed by atoms with Crippen LogP contribution in [0, 0.1) is 0 Å². The van der Waals surface area contributed by atoms with Crippen LogP contribution in [0.15, 0.2) is 0 Å². The summed E-state index contributed by atoms with van der Waals surface area (Å²) in [6.07, 6.45) is 0. The van der Waals surface area contributed by atoms with Crippen LogP contribution in [0.3, 0.4) is 0 Å². The van der Waals surface area contributed by atoms with Crippen LogP contribution in [0.2, 0.25) is 0 Å². The lowest BCUT2D eigenvalue weighted by atomic mass is 10.8. The maximum absolute atomic E-state index is 9.33. The van der Waals surface area contributed by atoms with Gasteiger partial charge in [0.2, 0.25) is 10.4 Å². The van der Waals surface area contributed by atoms with Crippen LogP contribution in [-0.4, -0.2) is 26.6 Å². The molecule has 0 aromatic rings. The molecule has 0 amide bonds. The molecule has 7 heteroatoms. The highest BCUT2D eigenvalue weighted by atomic mass is 32.3. The average Bonchev–Trinajstić information content (AvgIpc) is 1.63. The largest absolute Gasteiger partial charge is 0.724 e. The summed E-state index contributed by atoms with van der Waals surface area (Å²) in [5.41, 5.74) is 3.49. The van der Waals surface area contributed by atoms with Crippen molar-refractivity contribution in [3.8, 4) is 0 Å². The normalized spacial score (nSPS) is 10.0. The van der Waals surface area contributed by atoms with E-state index in [4.69, 9.17) is 0 Å². The quantitative estimate of drug-likeness (QED) is 0.231. The zero-order valence-corrected chi connectivity index (χ0v) is 6.68. The Morgan fingerprint density at radius 1 is 1.60 bits per heavy atom. The Kier molecular flexibility index (Phi) is 8.61. The van der Waals surface area contributed by atoms with Crippen molar-refractivity contribution in [2.45, 2.75) is 6.92 Å². The summed E-state index contributed by atoms with van der Waals surface area (Å²) in [6.45, 7) is 3.01. The van der Waals surface area contributed by atoms with Gasteiger partial charge in [0, 0.05) is 0 Å². The van der Waals surface area contributed by atoms with E-state index in [9.17, 15) is 13.0 Å². The summed E-state index contributed by atoms with van der Waals surface area (Å²) < 4.78 is 31.1. The zero-order chi connectivity index (χ0) is 8.62. The first kappa shape index (κ1) is 12.5. The van der Waals surface area contributed by atoms with Gasteiger partial charge in [-0.15, -0.1) is 4.33 Å². The van der Waals surface area contributed by atoms with E-state index in [-0.39, 0.29) is 0 Å². The molecule has 0 aromatic heterocycles. The topological polar surface area (TPSA) is 103 Å². The lowest BCUT2D eigenvalue weighted by molar-refractivity contribution is -0.361. The van der Waals surface area contributed by atoms with Crippen molar-refractivity contribution in [3.63, 3.8) is 0 Å². The van der Waals surface area contributed by atoms with Crippen LogP contribution in [0.1, 0.15) is 6.92 Å². The van der Waals surface area contributed by atoms with E-state index in [0.717, 1.165) is 13.7 Å². The minimum absolute atomic E-state index is 0.926. The summed E-state index contributed by atoms with van der Waals surface area (Å²) >= 11 is 0. The molecule has 3 N–H and O–H groups in total. The van der Waals surface area contributed by atoms with E-state index < -0.39 is 10.4 Å². The molecule has 0 atom stereocenters. The van der Waals surface area contributed by atoms with Gasteiger partial charge in [0.05, 0.1) is 13.7 Å². The van der Waals surface area contributed by atoms with Gasteiger partial charge in [0.15, 0.2) is 0 Å². The fourth-order valence-corrected chi connectivity index (χ4v) is 0.250. The molecule has 0 saturated carbocycles. The molecule has 0 spiro atoms. The monoisotopic (exact) mass is 173 g/mol. The lowest BCUT2D eigenvalue weighted by Gasteiger charge is -2.00. The van der Waals surface area contributed by atoms with Crippen LogP contribution in [0.5, 0.6) is 0 Å². The minimum atomic E-state index is -4.65. The van der Waals surface area contributed by atoms with Crippen LogP contribution >= 0.6 is 0 Å². The molecule has 0 rings (SSSR count). The molecule has 10 heavy (non-hydrogen) atoms. The molecule has 0 saturated heterocycles. The minimum Gasteiger partial charge on any atom is -0.724 e. The summed E-state index contributed by atoms with van der Waals surface area (Å²) in [5, 5.41) is 0. The fourth-order valence-electron chi connectivity index (χ4n) is 0.0833. The maximum Gasteiger partial charge on any atom is 0.245 e. The highest BCUT2D eigenvalue weighted by Crippen LogP contribution is 1.81. The van der Waals surface area contributed by atoms with Gasteiger partial charge >= 0.3 is 0 Å². The molecule has 64 valence electrons. The van der Waals surface area contributed by atoms with Crippen molar-refractivity contribution in [3.05, 3.63) is 0 Å². The van der Waals surface area contributed by atoms with Crippen molar-refractivity contribution < 1.29 is 27.9 Å². The predicted octanol–water partition coefficient (Wildman–Crippen LogP) is -1.73. The molecule has 0 aliphatic rings. The second kappa shape index (κ2) is 6.90. The number of quaternary nitrogens is 1. The second-order valence-corrected chi connectivity index (χ2v) is 2.10. The third kappa shape index (κ3) is 25.0. The Morgan fingerprint density at radius 3 is 1.90 bits per heavy atom. The van der Waals surface area contributed by atoms with Gasteiger partial charge in [-0.25, -0.2) is 13.3 Å². The van der Waals surface area contributed by atoms with Crippen molar-refractivity contribution in [2.75, 3.05) is 13.7 Å². The molecule has 0 radical (unpaired) electrons. The Labute approximate surface area is 59.8 Å². The first-order chi connectivity index (χ1) is 4.47. The standard InChI is InChI=1S/C2H7N.CH4O5S/c1-2-3;1-5-6-7(2,3)4/h2-3H2,1H3;1H3,(H,2,3,4). The molecule has 0 heterocycles. The number of hydrogen-bond donors (Lipinski definition) is 1. The Bertz CT molecular complexity index is 141. The number of rotatable bonds is 2. The van der Waals surface area contributed by atoms with Gasteiger partial charge in [-0.1, -0.05) is 0 Å². The zero-order valence-electron chi connectivity index (χ0n) is 5.86. The van der Waals surface area contributed by atoms with Crippen LogP contribution in [-0.2, 0) is 19.6 Å². The molecule has 0 aliphatic heterocycles. The third-order valence-corrected chi connectivity index (χ3v) is 0.454. The molecular formula is C3H11NO5S. The molecule has 6 nitrogen and oxygen atoms in total. The first-order valence-corrected chi connectivity index (χ1v) is 3.78. The Balaban J connectivity index is 0. The lowest BCUT2D eigenvalue weighted by Crippen LogP contribution is -2.48. The smallest absolute Gasteiger partial charge is 0.245 e. The van der Waals surface area contributed by atoms with Crippen molar-refractivity contribution in [1.82, 2.24) is 0 Å². The van der Waals surface area contributed by atoms with Gasteiger partial charge in [0.25, 0.3) is 0 Å². The van der Waals surface area contributed by atoms with E-state index in [1.807, 2.05) is 6.92 Å². The van der Waals surface area contributed by atoms with E-state index in [0.29, 0.717) is 0 Å². The van der Waals surface area contributed by atoms with Crippen LogP contribution in [0.4, 0.5) is 0 Å².